The zero-order valence-electron chi connectivity index (χ0n) is 21.4. The van der Waals surface area contributed by atoms with Crippen molar-refractivity contribution >= 4 is 5.91 Å². The molecule has 1 amide bonds. The molecule has 0 fully saturated rings. The zero-order chi connectivity index (χ0) is 24.9. The highest BCUT2D eigenvalue weighted by molar-refractivity contribution is 6.00. The average molecular weight is 476 g/mol. The number of nitrogens with one attached hydrogen (secondary N) is 1. The molecular formula is C29H37N3O3. The van der Waals surface area contributed by atoms with E-state index >= 15 is 0 Å². The molecule has 1 atom stereocenters. The van der Waals surface area contributed by atoms with Gasteiger partial charge in [-0.1, -0.05) is 57.7 Å². The lowest BCUT2D eigenvalue weighted by molar-refractivity contribution is 0.0740. The molecule has 4 rings (SSSR count). The Labute approximate surface area is 208 Å². The summed E-state index contributed by atoms with van der Waals surface area (Å²) in [7, 11) is 0. The van der Waals surface area contributed by atoms with Crippen LogP contribution in [0, 0.1) is 13.8 Å². The van der Waals surface area contributed by atoms with Crippen LogP contribution in [0.5, 0.6) is 11.5 Å². The van der Waals surface area contributed by atoms with Gasteiger partial charge in [-0.05, 0) is 61.6 Å². The van der Waals surface area contributed by atoms with Crippen LogP contribution in [-0.2, 0) is 0 Å². The summed E-state index contributed by atoms with van der Waals surface area (Å²) in [5, 5.41) is 18.4. The van der Waals surface area contributed by atoms with Gasteiger partial charge in [0.05, 0.1) is 12.6 Å². The minimum Gasteiger partial charge on any atom is -0.507 e. The number of benzene rings is 2. The first-order valence-corrected chi connectivity index (χ1v) is 12.9. The molecule has 2 heterocycles. The van der Waals surface area contributed by atoms with Gasteiger partial charge in [-0.2, -0.15) is 5.10 Å². The number of ether oxygens (including phenoxy) is 1. The first-order chi connectivity index (χ1) is 17.0. The lowest BCUT2D eigenvalue weighted by atomic mass is 9.94. The van der Waals surface area contributed by atoms with Gasteiger partial charge in [-0.3, -0.25) is 9.89 Å². The number of rotatable bonds is 11. The molecule has 1 aliphatic rings. The van der Waals surface area contributed by atoms with Gasteiger partial charge in [0.1, 0.15) is 22.9 Å². The summed E-state index contributed by atoms with van der Waals surface area (Å²) in [6.45, 7) is 9.58. The average Bonchev–Trinajstić information content (AvgIpc) is 3.38. The number of fused-ring (bicyclic) bond motifs is 1. The maximum Gasteiger partial charge on any atom is 0.273 e. The van der Waals surface area contributed by atoms with E-state index in [4.69, 9.17) is 4.74 Å². The second kappa shape index (κ2) is 11.0. The fourth-order valence-electron chi connectivity index (χ4n) is 4.97. The molecule has 0 saturated heterocycles. The zero-order valence-corrected chi connectivity index (χ0v) is 21.4. The summed E-state index contributed by atoms with van der Waals surface area (Å²) in [5.41, 5.74) is 5.45. The number of phenols is 1. The van der Waals surface area contributed by atoms with Crippen molar-refractivity contribution in [1.82, 2.24) is 15.1 Å². The first-order valence-electron chi connectivity index (χ1n) is 12.9. The highest BCUT2D eigenvalue weighted by Gasteiger charge is 2.42. The molecule has 0 bridgehead atoms. The highest BCUT2D eigenvalue weighted by atomic mass is 16.5. The number of hydrogen-bond acceptors (Lipinski definition) is 4. The summed E-state index contributed by atoms with van der Waals surface area (Å²) in [6.07, 6.45) is 6.40. The predicted molar refractivity (Wildman–Crippen MR) is 139 cm³/mol. The Balaban J connectivity index is 1.77. The van der Waals surface area contributed by atoms with E-state index in [-0.39, 0.29) is 17.7 Å². The van der Waals surface area contributed by atoms with Gasteiger partial charge in [0, 0.05) is 17.7 Å². The van der Waals surface area contributed by atoms with E-state index < -0.39 is 0 Å². The SMILES string of the molecule is CCCCCOc1cccc(C2c3c(-c4cc(C)cc(C)c4O)n[nH]c3C(=O)N2CCCCC)c1. The van der Waals surface area contributed by atoms with Gasteiger partial charge in [0.2, 0.25) is 0 Å². The third-order valence-corrected chi connectivity index (χ3v) is 6.76. The molecule has 6 heteroatoms. The lowest BCUT2D eigenvalue weighted by Crippen LogP contribution is -2.30. The molecule has 1 aliphatic heterocycles. The second-order valence-corrected chi connectivity index (χ2v) is 9.58. The molecule has 2 N–H and O–H groups in total. The van der Waals surface area contributed by atoms with E-state index in [9.17, 15) is 9.90 Å². The quantitative estimate of drug-likeness (QED) is 0.302. The normalized spacial score (nSPS) is 15.0. The van der Waals surface area contributed by atoms with Crippen molar-refractivity contribution in [1.29, 1.82) is 0 Å². The van der Waals surface area contributed by atoms with Crippen LogP contribution in [-0.4, -0.2) is 39.3 Å². The summed E-state index contributed by atoms with van der Waals surface area (Å²) >= 11 is 0. The number of aromatic nitrogens is 2. The molecular weight excluding hydrogens is 438 g/mol. The fourth-order valence-corrected chi connectivity index (χ4v) is 4.97. The Bertz CT molecular complexity index is 1180. The van der Waals surface area contributed by atoms with Crippen molar-refractivity contribution in [3.8, 4) is 22.8 Å². The monoisotopic (exact) mass is 475 g/mol. The maximum absolute atomic E-state index is 13.5. The number of nitrogens with zero attached hydrogens (tertiary/aromatic N) is 2. The van der Waals surface area contributed by atoms with Gasteiger partial charge in [0.25, 0.3) is 5.91 Å². The predicted octanol–water partition coefficient (Wildman–Crippen LogP) is 6.70. The molecule has 0 aliphatic carbocycles. The third kappa shape index (κ3) is 5.07. The Morgan fingerprint density at radius 3 is 2.60 bits per heavy atom. The summed E-state index contributed by atoms with van der Waals surface area (Å²) in [4.78, 5) is 15.5. The summed E-state index contributed by atoms with van der Waals surface area (Å²) < 4.78 is 6.04. The molecule has 0 saturated carbocycles. The number of unbranched alkanes of at least 4 members (excludes halogenated alkanes) is 4. The number of amides is 1. The summed E-state index contributed by atoms with van der Waals surface area (Å²) in [5.74, 6) is 0.971. The van der Waals surface area contributed by atoms with E-state index in [0.717, 1.165) is 66.5 Å². The van der Waals surface area contributed by atoms with Crippen molar-refractivity contribution in [2.24, 2.45) is 0 Å². The first kappa shape index (κ1) is 24.8. The molecule has 186 valence electrons. The van der Waals surface area contributed by atoms with Crippen LogP contribution in [0.1, 0.15) is 91.2 Å². The van der Waals surface area contributed by atoms with E-state index in [0.29, 0.717) is 30.1 Å². The van der Waals surface area contributed by atoms with Crippen molar-refractivity contribution in [2.45, 2.75) is 72.3 Å². The third-order valence-electron chi connectivity index (χ3n) is 6.76. The minimum atomic E-state index is -0.289. The molecule has 1 aromatic heterocycles. The van der Waals surface area contributed by atoms with Crippen molar-refractivity contribution < 1.29 is 14.6 Å². The number of carbonyl (C=O) groups excluding carboxylic acids is 1. The molecule has 0 spiro atoms. The number of aromatic hydroxyl groups is 1. The number of aromatic amines is 1. The van der Waals surface area contributed by atoms with Crippen molar-refractivity contribution in [2.75, 3.05) is 13.2 Å². The van der Waals surface area contributed by atoms with E-state index in [1.54, 1.807) is 0 Å². The molecule has 3 aromatic rings. The number of H-pyrrole nitrogens is 1. The van der Waals surface area contributed by atoms with E-state index in [1.165, 1.54) is 0 Å². The topological polar surface area (TPSA) is 78.5 Å². The Morgan fingerprint density at radius 2 is 1.83 bits per heavy atom. The van der Waals surface area contributed by atoms with Crippen LogP contribution in [0.25, 0.3) is 11.3 Å². The van der Waals surface area contributed by atoms with Crippen LogP contribution < -0.4 is 4.74 Å². The standard InChI is InChI=1S/C29H37N3O3/c1-5-7-9-14-32-27(21-12-11-13-22(18-21)35-15-10-8-6-2)24-25(30-31-26(24)29(32)34)23-17-19(3)16-20(4)28(23)33/h11-13,16-18,27,33H,5-10,14-15H2,1-4H3,(H,30,31). The van der Waals surface area contributed by atoms with Gasteiger partial charge >= 0.3 is 0 Å². The van der Waals surface area contributed by atoms with Gasteiger partial charge in [0.15, 0.2) is 0 Å². The molecule has 35 heavy (non-hydrogen) atoms. The van der Waals surface area contributed by atoms with Gasteiger partial charge in [-0.15, -0.1) is 0 Å². The van der Waals surface area contributed by atoms with Crippen LogP contribution in [0.15, 0.2) is 36.4 Å². The van der Waals surface area contributed by atoms with Crippen LogP contribution >= 0.6 is 0 Å². The largest absolute Gasteiger partial charge is 0.507 e. The number of hydrogen-bond donors (Lipinski definition) is 2. The Morgan fingerprint density at radius 1 is 1.06 bits per heavy atom. The van der Waals surface area contributed by atoms with Crippen LogP contribution in [0.3, 0.4) is 0 Å². The summed E-state index contributed by atoms with van der Waals surface area (Å²) in [6, 6.07) is 11.7. The van der Waals surface area contributed by atoms with Crippen molar-refractivity contribution in [3.63, 3.8) is 0 Å². The minimum absolute atomic E-state index is 0.0435. The van der Waals surface area contributed by atoms with Crippen LogP contribution in [0.4, 0.5) is 0 Å². The highest BCUT2D eigenvalue weighted by Crippen LogP contribution is 2.45. The molecule has 1 unspecified atom stereocenters. The Hall–Kier alpha value is -3.28. The number of phenolic OH excluding ortho intramolecular Hbond substituents is 1. The number of aryl methyl sites for hydroxylation is 2. The van der Waals surface area contributed by atoms with Crippen LogP contribution in [0.2, 0.25) is 0 Å². The fraction of sp³-hybridized carbons (Fsp3) is 0.448. The van der Waals surface area contributed by atoms with E-state index in [1.807, 2.05) is 49.1 Å². The molecule has 2 aromatic carbocycles. The lowest BCUT2D eigenvalue weighted by Gasteiger charge is -2.27. The van der Waals surface area contributed by atoms with Crippen molar-refractivity contribution in [3.05, 3.63) is 64.3 Å². The molecule has 6 nitrogen and oxygen atoms in total. The smallest absolute Gasteiger partial charge is 0.273 e. The molecule has 0 radical (unpaired) electrons. The Kier molecular flexibility index (Phi) is 7.79. The van der Waals surface area contributed by atoms with Gasteiger partial charge < -0.3 is 14.7 Å². The number of carbonyl (C=O) groups is 1. The van der Waals surface area contributed by atoms with E-state index in [2.05, 4.69) is 30.1 Å². The maximum atomic E-state index is 13.5. The van der Waals surface area contributed by atoms with Gasteiger partial charge in [-0.25, -0.2) is 0 Å². The second-order valence-electron chi connectivity index (χ2n) is 9.58.